The molecule has 0 saturated carbocycles. The molecule has 0 radical (unpaired) electrons. The summed E-state index contributed by atoms with van der Waals surface area (Å²) in [5.74, 6) is 1.96. The Kier molecular flexibility index (Phi) is 4.97. The average molecular weight is 285 g/mol. The molecule has 0 aliphatic carbocycles. The van der Waals surface area contributed by atoms with Crippen molar-refractivity contribution < 1.29 is 9.84 Å². The van der Waals surface area contributed by atoms with Crippen LogP contribution in [0.1, 0.15) is 56.0 Å². The lowest BCUT2D eigenvalue weighted by atomic mass is 10.0. The normalized spacial score (nSPS) is 12.5. The molecule has 1 aromatic carbocycles. The topological polar surface area (TPSA) is 42.4 Å². The molecule has 0 amide bonds. The van der Waals surface area contributed by atoms with Gasteiger partial charge in [0, 0.05) is 0 Å². The number of rotatable bonds is 5. The summed E-state index contributed by atoms with van der Waals surface area (Å²) in [6, 6.07) is 9.92. The van der Waals surface area contributed by atoms with Gasteiger partial charge in [0.25, 0.3) is 0 Å². The summed E-state index contributed by atoms with van der Waals surface area (Å²) in [5, 5.41) is 9.76. The van der Waals surface area contributed by atoms with E-state index < -0.39 is 6.10 Å². The third kappa shape index (κ3) is 3.82. The summed E-state index contributed by atoms with van der Waals surface area (Å²) in [6.45, 7) is 8.28. The predicted octanol–water partition coefficient (Wildman–Crippen LogP) is 4.75. The molecule has 0 fully saturated rings. The zero-order chi connectivity index (χ0) is 15.4. The molecule has 1 N–H and O–H groups in total. The van der Waals surface area contributed by atoms with Crippen LogP contribution >= 0.6 is 0 Å². The Hall–Kier alpha value is -1.87. The van der Waals surface area contributed by atoms with E-state index in [9.17, 15) is 5.11 Å². The fourth-order valence-corrected chi connectivity index (χ4v) is 2.19. The molecule has 21 heavy (non-hydrogen) atoms. The van der Waals surface area contributed by atoms with E-state index >= 15 is 0 Å². The van der Waals surface area contributed by atoms with Gasteiger partial charge in [-0.15, -0.1) is 0 Å². The van der Waals surface area contributed by atoms with Crippen molar-refractivity contribution in [1.82, 2.24) is 4.98 Å². The lowest BCUT2D eigenvalue weighted by Gasteiger charge is -2.15. The summed E-state index contributed by atoms with van der Waals surface area (Å²) < 4.78 is 5.98. The molecule has 2 rings (SSSR count). The van der Waals surface area contributed by atoms with Gasteiger partial charge >= 0.3 is 0 Å². The second-order valence-electron chi connectivity index (χ2n) is 5.64. The quantitative estimate of drug-likeness (QED) is 0.862. The van der Waals surface area contributed by atoms with Crippen LogP contribution in [0.15, 0.2) is 36.5 Å². The Morgan fingerprint density at radius 2 is 1.95 bits per heavy atom. The fraction of sp³-hybridized carbons (Fsp3) is 0.389. The van der Waals surface area contributed by atoms with Crippen LogP contribution in [-0.2, 0) is 0 Å². The van der Waals surface area contributed by atoms with Gasteiger partial charge in [0.1, 0.15) is 11.5 Å². The molecule has 3 nitrogen and oxygen atoms in total. The third-order valence-corrected chi connectivity index (χ3v) is 3.51. The van der Waals surface area contributed by atoms with Gasteiger partial charge in [-0.25, -0.2) is 0 Å². The van der Waals surface area contributed by atoms with Crippen LogP contribution in [0.3, 0.4) is 0 Å². The van der Waals surface area contributed by atoms with Crippen molar-refractivity contribution in [1.29, 1.82) is 0 Å². The Bertz CT molecular complexity index is 591. The van der Waals surface area contributed by atoms with Gasteiger partial charge in [-0.2, -0.15) is 0 Å². The second-order valence-corrected chi connectivity index (χ2v) is 5.64. The molecule has 2 aromatic rings. The maximum Gasteiger partial charge on any atom is 0.145 e. The molecule has 1 aromatic heterocycles. The van der Waals surface area contributed by atoms with Crippen molar-refractivity contribution in [2.75, 3.05) is 0 Å². The summed E-state index contributed by atoms with van der Waals surface area (Å²) in [4.78, 5) is 4.27. The van der Waals surface area contributed by atoms with Crippen molar-refractivity contribution in [2.45, 2.75) is 46.1 Å². The Morgan fingerprint density at radius 1 is 1.19 bits per heavy atom. The van der Waals surface area contributed by atoms with Crippen LogP contribution in [0.25, 0.3) is 0 Å². The summed E-state index contributed by atoms with van der Waals surface area (Å²) >= 11 is 0. The predicted molar refractivity (Wildman–Crippen MR) is 84.8 cm³/mol. The van der Waals surface area contributed by atoms with Crippen molar-refractivity contribution in [3.63, 3.8) is 0 Å². The lowest BCUT2D eigenvalue weighted by molar-refractivity contribution is 0.169. The highest BCUT2D eigenvalue weighted by atomic mass is 16.5. The van der Waals surface area contributed by atoms with Gasteiger partial charge in [-0.05, 0) is 48.6 Å². The number of hydrogen-bond acceptors (Lipinski definition) is 3. The lowest BCUT2D eigenvalue weighted by Crippen LogP contribution is -1.99. The number of nitrogens with zero attached hydrogens (tertiary/aromatic N) is 1. The summed E-state index contributed by atoms with van der Waals surface area (Å²) in [7, 11) is 0. The van der Waals surface area contributed by atoms with Gasteiger partial charge in [-0.3, -0.25) is 4.98 Å². The fourth-order valence-electron chi connectivity index (χ4n) is 2.19. The molecule has 1 heterocycles. The molecule has 112 valence electrons. The molecule has 0 saturated heterocycles. The molecular formula is C18H23NO2. The molecule has 0 aliphatic heterocycles. The van der Waals surface area contributed by atoms with E-state index in [0.717, 1.165) is 5.75 Å². The highest BCUT2D eigenvalue weighted by Gasteiger charge is 2.10. The van der Waals surface area contributed by atoms with Crippen LogP contribution in [0.2, 0.25) is 0 Å². The van der Waals surface area contributed by atoms with Crippen molar-refractivity contribution in [3.05, 3.63) is 53.3 Å². The first-order chi connectivity index (χ1) is 10.0. The highest BCUT2D eigenvalue weighted by molar-refractivity contribution is 5.41. The molecule has 0 bridgehead atoms. The van der Waals surface area contributed by atoms with Gasteiger partial charge in [0.05, 0.1) is 18.0 Å². The van der Waals surface area contributed by atoms with Gasteiger partial charge in [0.15, 0.2) is 0 Å². The number of pyridine rings is 1. The first kappa shape index (κ1) is 15.5. The minimum Gasteiger partial charge on any atom is -0.455 e. The zero-order valence-corrected chi connectivity index (χ0v) is 13.1. The third-order valence-electron chi connectivity index (χ3n) is 3.51. The number of benzene rings is 1. The van der Waals surface area contributed by atoms with Crippen LogP contribution in [-0.4, -0.2) is 10.1 Å². The van der Waals surface area contributed by atoms with Gasteiger partial charge < -0.3 is 9.84 Å². The SMILES string of the molecule is CC[C@@H](O)c1ccc(Oc2cc(C)ccc2C(C)C)cn1. The maximum atomic E-state index is 9.76. The van der Waals surface area contributed by atoms with Crippen LogP contribution in [0.4, 0.5) is 0 Å². The first-order valence-corrected chi connectivity index (χ1v) is 7.43. The van der Waals surface area contributed by atoms with E-state index in [1.165, 1.54) is 11.1 Å². The van der Waals surface area contributed by atoms with Crippen LogP contribution < -0.4 is 4.74 Å². The number of aryl methyl sites for hydroxylation is 1. The monoisotopic (exact) mass is 285 g/mol. The zero-order valence-electron chi connectivity index (χ0n) is 13.1. The number of hydrogen-bond donors (Lipinski definition) is 1. The summed E-state index contributed by atoms with van der Waals surface area (Å²) in [6.07, 6.45) is 1.81. The average Bonchev–Trinajstić information content (AvgIpc) is 2.47. The van der Waals surface area contributed by atoms with E-state index in [0.29, 0.717) is 23.8 Å². The highest BCUT2D eigenvalue weighted by Crippen LogP contribution is 2.31. The van der Waals surface area contributed by atoms with E-state index in [2.05, 4.69) is 37.9 Å². The van der Waals surface area contributed by atoms with Crippen molar-refractivity contribution >= 4 is 0 Å². The van der Waals surface area contributed by atoms with Gasteiger partial charge in [-0.1, -0.05) is 32.9 Å². The Labute approximate surface area is 126 Å². The second kappa shape index (κ2) is 6.72. The van der Waals surface area contributed by atoms with E-state index in [-0.39, 0.29) is 0 Å². The minimum absolute atomic E-state index is 0.398. The minimum atomic E-state index is -0.510. The molecule has 1 atom stereocenters. The van der Waals surface area contributed by atoms with Crippen molar-refractivity contribution in [2.24, 2.45) is 0 Å². The summed E-state index contributed by atoms with van der Waals surface area (Å²) in [5.41, 5.74) is 3.02. The molecule has 0 aliphatic rings. The molecule has 3 heteroatoms. The Morgan fingerprint density at radius 3 is 2.52 bits per heavy atom. The molecular weight excluding hydrogens is 262 g/mol. The van der Waals surface area contributed by atoms with Gasteiger partial charge in [0.2, 0.25) is 0 Å². The largest absolute Gasteiger partial charge is 0.455 e. The Balaban J connectivity index is 2.24. The smallest absolute Gasteiger partial charge is 0.145 e. The standard InChI is InChI=1S/C18H23NO2/c1-5-17(20)16-9-7-14(11-19-16)21-18-10-13(4)6-8-15(18)12(2)3/h6-12,17,20H,5H2,1-4H3/t17-/m1/s1. The number of aliphatic hydroxyl groups is 1. The first-order valence-electron chi connectivity index (χ1n) is 7.43. The number of ether oxygens (including phenoxy) is 1. The molecule has 0 unspecified atom stereocenters. The van der Waals surface area contributed by atoms with E-state index in [1.807, 2.05) is 25.1 Å². The van der Waals surface area contributed by atoms with Crippen LogP contribution in [0.5, 0.6) is 11.5 Å². The molecule has 0 spiro atoms. The van der Waals surface area contributed by atoms with Crippen LogP contribution in [0, 0.1) is 6.92 Å². The maximum absolute atomic E-state index is 9.76. The van der Waals surface area contributed by atoms with E-state index in [1.54, 1.807) is 6.20 Å². The van der Waals surface area contributed by atoms with E-state index in [4.69, 9.17) is 4.74 Å². The number of aromatic nitrogens is 1. The number of aliphatic hydroxyl groups excluding tert-OH is 1. The van der Waals surface area contributed by atoms with Crippen molar-refractivity contribution in [3.8, 4) is 11.5 Å².